The first kappa shape index (κ1) is 12.2. The molecule has 1 saturated heterocycles. The lowest BCUT2D eigenvalue weighted by atomic mass is 10.1. The maximum absolute atomic E-state index is 5.55. The van der Waals surface area contributed by atoms with Gasteiger partial charge in [-0.15, -0.1) is 0 Å². The van der Waals surface area contributed by atoms with Gasteiger partial charge in [-0.25, -0.2) is 5.90 Å². The highest BCUT2D eigenvalue weighted by Gasteiger charge is 2.40. The van der Waals surface area contributed by atoms with Gasteiger partial charge in [0.05, 0.1) is 14.0 Å². The molecule has 1 fully saturated rings. The Labute approximate surface area is 89.8 Å². The Kier molecular flexibility index (Phi) is 5.13. The van der Waals surface area contributed by atoms with Crippen molar-refractivity contribution in [2.24, 2.45) is 5.90 Å². The second-order valence-electron chi connectivity index (χ2n) is 4.62. The zero-order valence-electron chi connectivity index (χ0n) is 9.72. The second kappa shape index (κ2) is 5.88. The second-order valence-corrected chi connectivity index (χ2v) is 8.22. The Balaban J connectivity index is 2.56. The van der Waals surface area contributed by atoms with Crippen LogP contribution >= 0.6 is 0 Å². The number of hydrogen-bond acceptors (Lipinski definition) is 2. The molecular weight excluding hydrogens is 190 g/mol. The van der Waals surface area contributed by atoms with Gasteiger partial charge in [-0.1, -0.05) is 51.6 Å². The third-order valence-electron chi connectivity index (χ3n) is 3.89. The molecule has 0 radical (unpaired) electrons. The lowest BCUT2D eigenvalue weighted by Crippen LogP contribution is -2.51. The van der Waals surface area contributed by atoms with E-state index in [-0.39, 0.29) is 5.22 Å². The number of nitrogens with two attached hydrogens (primary N) is 1. The molecule has 0 spiro atoms. The molecule has 2 N–H and O–H groups in total. The Bertz CT molecular complexity index is 159. The van der Waals surface area contributed by atoms with Crippen LogP contribution in [0.4, 0.5) is 0 Å². The van der Waals surface area contributed by atoms with Crippen molar-refractivity contribution in [2.45, 2.75) is 69.7 Å². The first-order chi connectivity index (χ1) is 6.79. The van der Waals surface area contributed by atoms with E-state index < -0.39 is 8.80 Å². The van der Waals surface area contributed by atoms with Crippen LogP contribution in [0, 0.1) is 0 Å². The predicted molar refractivity (Wildman–Crippen MR) is 63.8 cm³/mol. The lowest BCUT2D eigenvalue weighted by Gasteiger charge is -2.41. The molecule has 0 saturated carbocycles. The Morgan fingerprint density at radius 1 is 1.36 bits per heavy atom. The van der Waals surface area contributed by atoms with Gasteiger partial charge in [0.25, 0.3) is 0 Å². The SMILES string of the molecule is CCCC[SiH]1CCCCC1(CC)ON. The molecule has 1 aliphatic rings. The van der Waals surface area contributed by atoms with Crippen molar-refractivity contribution in [3.63, 3.8) is 0 Å². The minimum absolute atomic E-state index is 0.146. The summed E-state index contributed by atoms with van der Waals surface area (Å²) in [6.07, 6.45) is 7.78. The topological polar surface area (TPSA) is 35.2 Å². The van der Waals surface area contributed by atoms with Gasteiger partial charge in [0.2, 0.25) is 0 Å². The molecule has 84 valence electrons. The zero-order chi connectivity index (χ0) is 10.4. The first-order valence-electron chi connectivity index (χ1n) is 6.17. The molecular formula is C11H25NOSi. The zero-order valence-corrected chi connectivity index (χ0v) is 10.9. The molecule has 2 nitrogen and oxygen atoms in total. The van der Waals surface area contributed by atoms with E-state index in [1.165, 1.54) is 44.2 Å². The first-order valence-corrected chi connectivity index (χ1v) is 8.38. The van der Waals surface area contributed by atoms with E-state index in [4.69, 9.17) is 10.7 Å². The molecule has 1 aliphatic heterocycles. The van der Waals surface area contributed by atoms with Crippen molar-refractivity contribution in [2.75, 3.05) is 0 Å². The molecule has 1 heterocycles. The summed E-state index contributed by atoms with van der Waals surface area (Å²) in [7, 11) is -0.742. The van der Waals surface area contributed by atoms with E-state index in [0.717, 1.165) is 6.42 Å². The van der Waals surface area contributed by atoms with Gasteiger partial charge in [-0.3, -0.25) is 0 Å². The lowest BCUT2D eigenvalue weighted by molar-refractivity contribution is -0.00379. The van der Waals surface area contributed by atoms with Crippen molar-refractivity contribution in [1.82, 2.24) is 0 Å². The van der Waals surface area contributed by atoms with Crippen LogP contribution < -0.4 is 5.90 Å². The van der Waals surface area contributed by atoms with E-state index in [0.29, 0.717) is 0 Å². The molecule has 0 aromatic carbocycles. The molecule has 14 heavy (non-hydrogen) atoms. The van der Waals surface area contributed by atoms with Crippen LogP contribution in [0.3, 0.4) is 0 Å². The molecule has 0 aromatic rings. The monoisotopic (exact) mass is 215 g/mol. The molecule has 3 heteroatoms. The van der Waals surface area contributed by atoms with E-state index in [2.05, 4.69) is 13.8 Å². The third-order valence-corrected chi connectivity index (χ3v) is 8.42. The maximum atomic E-state index is 5.55. The standard InChI is InChI=1S/C11H25NOSi/c1-3-5-9-14-10-7-6-8-11(14,4-2)13-12/h14H,3-10,12H2,1-2H3. The van der Waals surface area contributed by atoms with Crippen LogP contribution in [0.1, 0.15) is 52.4 Å². The van der Waals surface area contributed by atoms with Gasteiger partial charge < -0.3 is 4.84 Å². The van der Waals surface area contributed by atoms with Crippen molar-refractivity contribution < 1.29 is 4.84 Å². The fourth-order valence-electron chi connectivity index (χ4n) is 2.84. The number of rotatable bonds is 5. The molecule has 0 amide bonds. The summed E-state index contributed by atoms with van der Waals surface area (Å²) in [4.78, 5) is 5.40. The molecule has 2 atom stereocenters. The molecule has 0 bridgehead atoms. The van der Waals surface area contributed by atoms with Crippen LogP contribution in [-0.2, 0) is 4.84 Å². The maximum Gasteiger partial charge on any atom is 0.0782 e. The fourth-order valence-corrected chi connectivity index (χ4v) is 7.25. The summed E-state index contributed by atoms with van der Waals surface area (Å²) >= 11 is 0. The van der Waals surface area contributed by atoms with E-state index in [9.17, 15) is 0 Å². The highest BCUT2D eigenvalue weighted by molar-refractivity contribution is 6.62. The minimum Gasteiger partial charge on any atom is -0.302 e. The summed E-state index contributed by atoms with van der Waals surface area (Å²) < 4.78 is 0. The average Bonchev–Trinajstić information content (AvgIpc) is 2.26. The highest BCUT2D eigenvalue weighted by Crippen LogP contribution is 2.35. The van der Waals surface area contributed by atoms with E-state index in [1.807, 2.05) is 0 Å². The van der Waals surface area contributed by atoms with Crippen molar-refractivity contribution in [1.29, 1.82) is 0 Å². The molecule has 0 aliphatic carbocycles. The van der Waals surface area contributed by atoms with Gasteiger partial charge in [0, 0.05) is 0 Å². The Morgan fingerprint density at radius 3 is 2.71 bits per heavy atom. The van der Waals surface area contributed by atoms with E-state index >= 15 is 0 Å². The average molecular weight is 215 g/mol. The van der Waals surface area contributed by atoms with Gasteiger partial charge in [-0.2, -0.15) is 0 Å². The summed E-state index contributed by atoms with van der Waals surface area (Å²) in [5.41, 5.74) is 0. The van der Waals surface area contributed by atoms with Gasteiger partial charge in [0.1, 0.15) is 0 Å². The molecule has 1 rings (SSSR count). The smallest absolute Gasteiger partial charge is 0.0782 e. The van der Waals surface area contributed by atoms with Crippen LogP contribution in [0.5, 0.6) is 0 Å². The van der Waals surface area contributed by atoms with Gasteiger partial charge in [-0.05, 0) is 12.8 Å². The summed E-state index contributed by atoms with van der Waals surface area (Å²) in [6, 6.07) is 2.88. The molecule has 2 unspecified atom stereocenters. The van der Waals surface area contributed by atoms with Crippen molar-refractivity contribution in [3.05, 3.63) is 0 Å². The number of hydrogen-bond donors (Lipinski definition) is 1. The van der Waals surface area contributed by atoms with Gasteiger partial charge in [0.15, 0.2) is 0 Å². The van der Waals surface area contributed by atoms with Crippen LogP contribution in [0.15, 0.2) is 0 Å². The Morgan fingerprint density at radius 2 is 2.14 bits per heavy atom. The van der Waals surface area contributed by atoms with Crippen LogP contribution in [0.25, 0.3) is 0 Å². The van der Waals surface area contributed by atoms with E-state index in [1.54, 1.807) is 0 Å². The van der Waals surface area contributed by atoms with Gasteiger partial charge >= 0.3 is 0 Å². The van der Waals surface area contributed by atoms with Crippen LogP contribution in [-0.4, -0.2) is 14.0 Å². The fraction of sp³-hybridized carbons (Fsp3) is 1.00. The Hall–Kier alpha value is 0.137. The third kappa shape index (κ3) is 2.58. The summed E-state index contributed by atoms with van der Waals surface area (Å²) in [5.74, 6) is 5.55. The molecule has 0 aromatic heterocycles. The van der Waals surface area contributed by atoms with Crippen molar-refractivity contribution in [3.8, 4) is 0 Å². The largest absolute Gasteiger partial charge is 0.302 e. The number of unbranched alkanes of at least 4 members (excludes halogenated alkanes) is 1. The summed E-state index contributed by atoms with van der Waals surface area (Å²) in [5, 5.41) is 0.146. The highest BCUT2D eigenvalue weighted by atomic mass is 28.3. The van der Waals surface area contributed by atoms with Crippen molar-refractivity contribution >= 4 is 8.80 Å². The normalized spacial score (nSPS) is 33.2. The van der Waals surface area contributed by atoms with Crippen LogP contribution in [0.2, 0.25) is 12.1 Å². The predicted octanol–water partition coefficient (Wildman–Crippen LogP) is 2.78. The summed E-state index contributed by atoms with van der Waals surface area (Å²) in [6.45, 7) is 4.51. The quantitative estimate of drug-likeness (QED) is 0.565. The minimum atomic E-state index is -0.742.